The molecule has 0 unspecified atom stereocenters. The van der Waals surface area contributed by atoms with Gasteiger partial charge >= 0.3 is 5.69 Å². The first-order valence-corrected chi connectivity index (χ1v) is 7.95. The second-order valence-electron chi connectivity index (χ2n) is 5.30. The number of rotatable bonds is 3. The Morgan fingerprint density at radius 3 is 2.79 bits per heavy atom. The predicted octanol–water partition coefficient (Wildman–Crippen LogP) is 3.04. The van der Waals surface area contributed by atoms with Crippen molar-refractivity contribution in [2.45, 2.75) is 31.6 Å². The molecule has 0 bridgehead atoms. The van der Waals surface area contributed by atoms with Crippen molar-refractivity contribution in [3.05, 3.63) is 21.1 Å². The Kier molecular flexibility index (Phi) is 4.08. The molecule has 0 amide bonds. The summed E-state index contributed by atoms with van der Waals surface area (Å²) in [5.41, 5.74) is 0.114. The Labute approximate surface area is 120 Å². The van der Waals surface area contributed by atoms with E-state index in [0.717, 1.165) is 18.8 Å². The summed E-state index contributed by atoms with van der Waals surface area (Å²) in [6.45, 7) is 7.54. The standard InChI is InChI=1S/C12H18N2O3S2/c1-8(15)10-6-9(14(16)17)11(19-10)13-4-5-18-12(2,3)7-13/h6,8,15H,4-5,7H2,1-3H3/t8-/m0/s1. The van der Waals surface area contributed by atoms with Crippen LogP contribution in [0, 0.1) is 10.1 Å². The average Bonchev–Trinajstić information content (AvgIpc) is 2.72. The van der Waals surface area contributed by atoms with Crippen LogP contribution in [0.1, 0.15) is 31.8 Å². The van der Waals surface area contributed by atoms with E-state index in [2.05, 4.69) is 18.7 Å². The van der Waals surface area contributed by atoms with Gasteiger partial charge in [0.05, 0.1) is 11.0 Å². The normalized spacial score (nSPS) is 20.3. The third-order valence-electron chi connectivity index (χ3n) is 3.03. The van der Waals surface area contributed by atoms with E-state index < -0.39 is 6.10 Å². The highest BCUT2D eigenvalue weighted by Crippen LogP contribution is 2.43. The maximum Gasteiger partial charge on any atom is 0.304 e. The van der Waals surface area contributed by atoms with Gasteiger partial charge in [-0.25, -0.2) is 0 Å². The van der Waals surface area contributed by atoms with E-state index in [9.17, 15) is 15.2 Å². The number of aliphatic hydroxyl groups is 1. The summed E-state index contributed by atoms with van der Waals surface area (Å²) in [6.07, 6.45) is -0.662. The molecule has 2 rings (SSSR count). The topological polar surface area (TPSA) is 66.6 Å². The molecular weight excluding hydrogens is 284 g/mol. The Hall–Kier alpha value is -0.790. The van der Waals surface area contributed by atoms with Crippen LogP contribution < -0.4 is 4.90 Å². The molecule has 19 heavy (non-hydrogen) atoms. The molecule has 1 aromatic heterocycles. The monoisotopic (exact) mass is 302 g/mol. The summed E-state index contributed by atoms with van der Waals surface area (Å²) < 4.78 is 0.0983. The van der Waals surface area contributed by atoms with Gasteiger partial charge in [-0.3, -0.25) is 10.1 Å². The highest BCUT2D eigenvalue weighted by Gasteiger charge is 2.32. The number of thioether (sulfide) groups is 1. The number of nitrogens with zero attached hydrogens (tertiary/aromatic N) is 2. The molecule has 1 aromatic rings. The third kappa shape index (κ3) is 3.21. The lowest BCUT2D eigenvalue weighted by molar-refractivity contribution is -0.383. The zero-order chi connectivity index (χ0) is 14.2. The Morgan fingerprint density at radius 2 is 2.26 bits per heavy atom. The smallest absolute Gasteiger partial charge is 0.304 e. The van der Waals surface area contributed by atoms with Gasteiger partial charge in [0, 0.05) is 34.5 Å². The van der Waals surface area contributed by atoms with Crippen molar-refractivity contribution in [1.29, 1.82) is 0 Å². The summed E-state index contributed by atoms with van der Waals surface area (Å²) in [5, 5.41) is 21.4. The van der Waals surface area contributed by atoms with E-state index in [-0.39, 0.29) is 15.4 Å². The summed E-state index contributed by atoms with van der Waals surface area (Å²) in [4.78, 5) is 13.5. The molecule has 1 N–H and O–H groups in total. The van der Waals surface area contributed by atoms with Gasteiger partial charge in [0.2, 0.25) is 0 Å². The van der Waals surface area contributed by atoms with Gasteiger partial charge in [-0.1, -0.05) is 0 Å². The molecule has 0 radical (unpaired) electrons. The van der Waals surface area contributed by atoms with E-state index in [1.165, 1.54) is 17.4 Å². The number of hydrogen-bond donors (Lipinski definition) is 1. The molecule has 1 saturated heterocycles. The minimum absolute atomic E-state index is 0.0983. The molecule has 0 aliphatic carbocycles. The molecule has 1 aliphatic rings. The van der Waals surface area contributed by atoms with Crippen molar-refractivity contribution in [3.8, 4) is 0 Å². The SMILES string of the molecule is C[C@H](O)c1cc([N+](=O)[O-])c(N2CCSC(C)(C)C2)s1. The lowest BCUT2D eigenvalue weighted by Crippen LogP contribution is -2.43. The number of anilines is 1. The molecule has 2 heterocycles. The molecule has 1 fully saturated rings. The van der Waals surface area contributed by atoms with E-state index >= 15 is 0 Å². The zero-order valence-electron chi connectivity index (χ0n) is 11.3. The largest absolute Gasteiger partial charge is 0.388 e. The zero-order valence-corrected chi connectivity index (χ0v) is 12.9. The highest BCUT2D eigenvalue weighted by atomic mass is 32.2. The molecular formula is C12H18N2O3S2. The van der Waals surface area contributed by atoms with Crippen molar-refractivity contribution in [2.24, 2.45) is 0 Å². The van der Waals surface area contributed by atoms with Gasteiger partial charge in [-0.2, -0.15) is 11.8 Å². The minimum Gasteiger partial charge on any atom is -0.388 e. The first-order valence-electron chi connectivity index (χ1n) is 6.15. The lowest BCUT2D eigenvalue weighted by Gasteiger charge is -2.37. The predicted molar refractivity (Wildman–Crippen MR) is 80.4 cm³/mol. The molecule has 0 saturated carbocycles. The molecule has 5 nitrogen and oxygen atoms in total. The van der Waals surface area contributed by atoms with Crippen LogP contribution in [-0.2, 0) is 0 Å². The van der Waals surface area contributed by atoms with E-state index in [1.807, 2.05) is 11.8 Å². The summed E-state index contributed by atoms with van der Waals surface area (Å²) >= 11 is 3.22. The number of nitro groups is 1. The Balaban J connectivity index is 2.35. The second kappa shape index (κ2) is 5.30. The van der Waals surface area contributed by atoms with Crippen molar-refractivity contribution in [3.63, 3.8) is 0 Å². The Morgan fingerprint density at radius 1 is 1.58 bits per heavy atom. The molecule has 106 valence electrons. The highest BCUT2D eigenvalue weighted by molar-refractivity contribution is 8.00. The average molecular weight is 302 g/mol. The minimum atomic E-state index is -0.662. The molecule has 0 aromatic carbocycles. The van der Waals surface area contributed by atoms with Crippen LogP contribution in [0.3, 0.4) is 0 Å². The van der Waals surface area contributed by atoms with Gasteiger partial charge < -0.3 is 10.0 Å². The number of aliphatic hydroxyl groups excluding tert-OH is 1. The van der Waals surface area contributed by atoms with Gasteiger partial charge in [-0.15, -0.1) is 11.3 Å². The number of hydrogen-bond acceptors (Lipinski definition) is 6. The number of thiophene rings is 1. The maximum atomic E-state index is 11.2. The Bertz CT molecular complexity index is 485. The van der Waals surface area contributed by atoms with Gasteiger partial charge in [-0.05, 0) is 20.8 Å². The first kappa shape index (κ1) is 14.6. The van der Waals surface area contributed by atoms with Crippen LogP contribution in [-0.4, -0.2) is 33.6 Å². The summed E-state index contributed by atoms with van der Waals surface area (Å²) in [6, 6.07) is 1.50. The first-order chi connectivity index (χ1) is 8.80. The van der Waals surface area contributed by atoms with Crippen LogP contribution in [0.5, 0.6) is 0 Å². The maximum absolute atomic E-state index is 11.2. The van der Waals surface area contributed by atoms with Crippen LogP contribution >= 0.6 is 23.1 Å². The van der Waals surface area contributed by atoms with E-state index in [4.69, 9.17) is 0 Å². The molecule has 0 spiro atoms. The van der Waals surface area contributed by atoms with Crippen molar-refractivity contribution >= 4 is 33.8 Å². The van der Waals surface area contributed by atoms with Crippen molar-refractivity contribution in [2.75, 3.05) is 23.7 Å². The van der Waals surface area contributed by atoms with Crippen LogP contribution in [0.2, 0.25) is 0 Å². The van der Waals surface area contributed by atoms with Gasteiger partial charge in [0.15, 0.2) is 5.00 Å². The van der Waals surface area contributed by atoms with Crippen LogP contribution in [0.15, 0.2) is 6.07 Å². The third-order valence-corrected chi connectivity index (χ3v) is 5.69. The summed E-state index contributed by atoms with van der Waals surface area (Å²) in [5.74, 6) is 0.964. The van der Waals surface area contributed by atoms with Crippen molar-refractivity contribution < 1.29 is 10.0 Å². The van der Waals surface area contributed by atoms with Crippen LogP contribution in [0.25, 0.3) is 0 Å². The summed E-state index contributed by atoms with van der Waals surface area (Å²) in [7, 11) is 0. The van der Waals surface area contributed by atoms with Gasteiger partial charge in [0.1, 0.15) is 0 Å². The van der Waals surface area contributed by atoms with E-state index in [0.29, 0.717) is 9.88 Å². The lowest BCUT2D eigenvalue weighted by atomic mass is 10.2. The van der Waals surface area contributed by atoms with Gasteiger partial charge in [0.25, 0.3) is 0 Å². The quantitative estimate of drug-likeness (QED) is 0.686. The van der Waals surface area contributed by atoms with E-state index in [1.54, 1.807) is 6.92 Å². The van der Waals surface area contributed by atoms with Crippen LogP contribution in [0.4, 0.5) is 10.7 Å². The molecule has 1 aliphatic heterocycles. The second-order valence-corrected chi connectivity index (χ2v) is 8.17. The van der Waals surface area contributed by atoms with Crippen molar-refractivity contribution in [1.82, 2.24) is 0 Å². The molecule has 1 atom stereocenters. The molecule has 7 heteroatoms. The fourth-order valence-corrected chi connectivity index (χ4v) is 4.34. The fraction of sp³-hybridized carbons (Fsp3) is 0.667. The fourth-order valence-electron chi connectivity index (χ4n) is 2.14.